The van der Waals surface area contributed by atoms with Crippen LogP contribution in [0.4, 0.5) is 5.69 Å². The molecule has 0 saturated carbocycles. The van der Waals surface area contributed by atoms with Crippen LogP contribution in [0, 0.1) is 17.0 Å². The summed E-state index contributed by atoms with van der Waals surface area (Å²) in [5.74, 6) is 1.25. The van der Waals surface area contributed by atoms with Gasteiger partial charge in [-0.25, -0.2) is 0 Å². The van der Waals surface area contributed by atoms with Crippen molar-refractivity contribution in [2.24, 2.45) is 5.10 Å². The van der Waals surface area contributed by atoms with Gasteiger partial charge in [-0.05, 0) is 54.9 Å². The molecule has 8 nitrogen and oxygen atoms in total. The quantitative estimate of drug-likeness (QED) is 0.213. The summed E-state index contributed by atoms with van der Waals surface area (Å²) in [6.45, 7) is 4.73. The highest BCUT2D eigenvalue weighted by Gasteiger charge is 2.11. The molecule has 0 spiro atoms. The lowest BCUT2D eigenvalue weighted by atomic mass is 10.1. The number of hydrogen-bond donors (Lipinski definition) is 2. The molecule has 0 unspecified atom stereocenters. The molecule has 2 N–H and O–H groups in total. The smallest absolute Gasteiger partial charge is 0.270 e. The minimum Gasteiger partial charge on any atom is -0.490 e. The van der Waals surface area contributed by atoms with Crippen LogP contribution in [0.3, 0.4) is 0 Å². The van der Waals surface area contributed by atoms with Gasteiger partial charge in [-0.2, -0.15) is 5.10 Å². The van der Waals surface area contributed by atoms with E-state index in [2.05, 4.69) is 28.8 Å². The van der Waals surface area contributed by atoms with Gasteiger partial charge in [0, 0.05) is 24.7 Å². The molecule has 9 heteroatoms. The van der Waals surface area contributed by atoms with Gasteiger partial charge in [0.15, 0.2) is 5.11 Å². The highest BCUT2D eigenvalue weighted by atomic mass is 32.1. The Kier molecular flexibility index (Phi) is 8.35. The van der Waals surface area contributed by atoms with Crippen molar-refractivity contribution in [2.45, 2.75) is 20.3 Å². The zero-order valence-corrected chi connectivity index (χ0v) is 17.4. The highest BCUT2D eigenvalue weighted by molar-refractivity contribution is 7.80. The lowest BCUT2D eigenvalue weighted by Gasteiger charge is -2.12. The van der Waals surface area contributed by atoms with Crippen LogP contribution in [0.1, 0.15) is 23.6 Å². The molecule has 0 aliphatic heterocycles. The molecule has 0 fully saturated rings. The summed E-state index contributed by atoms with van der Waals surface area (Å²) in [4.78, 5) is 10.6. The van der Waals surface area contributed by atoms with E-state index in [1.807, 2.05) is 19.1 Å². The van der Waals surface area contributed by atoms with Crippen molar-refractivity contribution in [1.29, 1.82) is 0 Å². The molecule has 0 saturated heterocycles. The van der Waals surface area contributed by atoms with Crippen LogP contribution < -0.4 is 20.2 Å². The molecule has 0 aliphatic rings. The Bertz CT molecular complexity index is 902. The molecule has 0 aromatic heterocycles. The first-order chi connectivity index (χ1) is 13.9. The highest BCUT2D eigenvalue weighted by Crippen LogP contribution is 2.23. The number of nitro benzene ring substituents is 1. The second kappa shape index (κ2) is 11.0. The third kappa shape index (κ3) is 7.04. The molecule has 154 valence electrons. The Labute approximate surface area is 175 Å². The van der Waals surface area contributed by atoms with Gasteiger partial charge in [0.25, 0.3) is 5.69 Å². The van der Waals surface area contributed by atoms with Crippen LogP contribution in [0.5, 0.6) is 11.5 Å². The topological polar surface area (TPSA) is 98.0 Å². The number of benzene rings is 2. The molecule has 0 radical (unpaired) electrons. The van der Waals surface area contributed by atoms with E-state index in [1.165, 1.54) is 30.0 Å². The number of hydrazone groups is 1. The first kappa shape index (κ1) is 22.1. The molecule has 0 heterocycles. The average molecular weight is 417 g/mol. The maximum atomic E-state index is 11.0. The van der Waals surface area contributed by atoms with E-state index >= 15 is 0 Å². The Morgan fingerprint density at radius 1 is 1.24 bits per heavy atom. The Morgan fingerprint density at radius 2 is 2.00 bits per heavy atom. The van der Waals surface area contributed by atoms with Gasteiger partial charge in [-0.3, -0.25) is 15.5 Å². The zero-order valence-electron chi connectivity index (χ0n) is 16.6. The van der Waals surface area contributed by atoms with Gasteiger partial charge in [-0.1, -0.05) is 13.0 Å². The lowest BCUT2D eigenvalue weighted by molar-refractivity contribution is -0.384. The van der Waals surface area contributed by atoms with E-state index in [0.29, 0.717) is 23.0 Å². The third-order valence-electron chi connectivity index (χ3n) is 3.93. The first-order valence-corrected chi connectivity index (χ1v) is 9.49. The second-order valence-corrected chi connectivity index (χ2v) is 6.54. The Morgan fingerprint density at radius 3 is 2.69 bits per heavy atom. The molecular formula is C20H24N4O4S. The standard InChI is InChI=1S/C20H24N4O4S/c1-4-15-9-14(2)10-18(11-15)27-7-8-28-19-6-5-17(24(25)26)12-16(19)13-22-23-20(29)21-3/h5-6,9-13H,4,7-8H2,1-3H3,(H2,21,23,29)/b22-13+. The van der Waals surface area contributed by atoms with Gasteiger partial charge in [0.05, 0.1) is 11.1 Å². The third-order valence-corrected chi connectivity index (χ3v) is 4.22. The first-order valence-electron chi connectivity index (χ1n) is 9.08. The molecule has 0 atom stereocenters. The Balaban J connectivity index is 2.02. The van der Waals surface area contributed by atoms with Crippen LogP contribution in [0.25, 0.3) is 0 Å². The summed E-state index contributed by atoms with van der Waals surface area (Å²) >= 11 is 4.94. The van der Waals surface area contributed by atoms with Gasteiger partial charge in [-0.15, -0.1) is 0 Å². The fourth-order valence-corrected chi connectivity index (χ4v) is 2.57. The summed E-state index contributed by atoms with van der Waals surface area (Å²) in [5.41, 5.74) is 5.35. The number of non-ortho nitro benzene ring substituents is 1. The largest absolute Gasteiger partial charge is 0.490 e. The molecule has 29 heavy (non-hydrogen) atoms. The maximum Gasteiger partial charge on any atom is 0.270 e. The second-order valence-electron chi connectivity index (χ2n) is 6.13. The SMILES string of the molecule is CCc1cc(C)cc(OCCOc2ccc([N+](=O)[O-])cc2/C=N/NC(=S)NC)c1. The Hall–Kier alpha value is -3.20. The predicted octanol–water partition coefficient (Wildman–Crippen LogP) is 3.35. The average Bonchev–Trinajstić information content (AvgIpc) is 2.71. The monoisotopic (exact) mass is 416 g/mol. The fraction of sp³-hybridized carbons (Fsp3) is 0.300. The van der Waals surface area contributed by atoms with Crippen molar-refractivity contribution in [2.75, 3.05) is 20.3 Å². The summed E-state index contributed by atoms with van der Waals surface area (Å²) in [6.07, 6.45) is 2.35. The minimum atomic E-state index is -0.473. The number of rotatable bonds is 9. The summed E-state index contributed by atoms with van der Waals surface area (Å²) in [7, 11) is 1.66. The summed E-state index contributed by atoms with van der Waals surface area (Å²) in [5, 5.41) is 18.1. The van der Waals surface area contributed by atoms with Crippen LogP contribution >= 0.6 is 12.2 Å². The number of aryl methyl sites for hydroxylation is 2. The van der Waals surface area contributed by atoms with E-state index in [1.54, 1.807) is 7.05 Å². The lowest BCUT2D eigenvalue weighted by Crippen LogP contribution is -2.28. The normalized spacial score (nSPS) is 10.6. The zero-order chi connectivity index (χ0) is 21.2. The van der Waals surface area contributed by atoms with E-state index in [4.69, 9.17) is 21.7 Å². The van der Waals surface area contributed by atoms with E-state index in [0.717, 1.165) is 17.7 Å². The van der Waals surface area contributed by atoms with E-state index < -0.39 is 4.92 Å². The van der Waals surface area contributed by atoms with Gasteiger partial charge in [0.1, 0.15) is 24.7 Å². The van der Waals surface area contributed by atoms with Crippen molar-refractivity contribution in [1.82, 2.24) is 10.7 Å². The van der Waals surface area contributed by atoms with E-state index in [-0.39, 0.29) is 12.3 Å². The number of ether oxygens (including phenoxy) is 2. The molecular weight excluding hydrogens is 392 g/mol. The number of thiocarbonyl (C=S) groups is 1. The van der Waals surface area contributed by atoms with Crippen LogP contribution in [-0.4, -0.2) is 36.5 Å². The predicted molar refractivity (Wildman–Crippen MR) is 117 cm³/mol. The summed E-state index contributed by atoms with van der Waals surface area (Å²) in [6, 6.07) is 10.4. The molecule has 0 bridgehead atoms. The summed E-state index contributed by atoms with van der Waals surface area (Å²) < 4.78 is 11.5. The van der Waals surface area contributed by atoms with Gasteiger partial charge < -0.3 is 14.8 Å². The van der Waals surface area contributed by atoms with Crippen molar-refractivity contribution < 1.29 is 14.4 Å². The van der Waals surface area contributed by atoms with E-state index in [9.17, 15) is 10.1 Å². The van der Waals surface area contributed by atoms with Gasteiger partial charge in [0.2, 0.25) is 0 Å². The molecule has 2 aromatic rings. The van der Waals surface area contributed by atoms with Gasteiger partial charge >= 0.3 is 0 Å². The number of nitrogens with zero attached hydrogens (tertiary/aromatic N) is 2. The van der Waals surface area contributed by atoms with Crippen molar-refractivity contribution >= 4 is 29.2 Å². The molecule has 0 amide bonds. The molecule has 2 aromatic carbocycles. The number of hydrogen-bond acceptors (Lipinski definition) is 6. The van der Waals surface area contributed by atoms with Crippen LogP contribution in [0.2, 0.25) is 0 Å². The number of nitrogens with one attached hydrogen (secondary N) is 2. The van der Waals surface area contributed by atoms with Crippen LogP contribution in [0.15, 0.2) is 41.5 Å². The molecule has 0 aliphatic carbocycles. The van der Waals surface area contributed by atoms with Crippen molar-refractivity contribution in [3.63, 3.8) is 0 Å². The van der Waals surface area contributed by atoms with Crippen LogP contribution in [-0.2, 0) is 6.42 Å². The van der Waals surface area contributed by atoms with Crippen molar-refractivity contribution in [3.8, 4) is 11.5 Å². The minimum absolute atomic E-state index is 0.0573. The number of nitro groups is 1. The fourth-order valence-electron chi connectivity index (χ4n) is 2.52. The molecule has 2 rings (SSSR count). The maximum absolute atomic E-state index is 11.0. The van der Waals surface area contributed by atoms with Crippen molar-refractivity contribution in [3.05, 3.63) is 63.2 Å².